The number of halogens is 2. The van der Waals surface area contributed by atoms with Gasteiger partial charge in [0.1, 0.15) is 5.75 Å². The van der Waals surface area contributed by atoms with E-state index in [1.807, 2.05) is 0 Å². The number of imide groups is 2. The smallest absolute Gasteiger partial charge is 0.335 e. The summed E-state index contributed by atoms with van der Waals surface area (Å²) in [7, 11) is 1.48. The molecule has 0 spiro atoms. The third kappa shape index (κ3) is 4.42. The van der Waals surface area contributed by atoms with Crippen LogP contribution >= 0.6 is 23.2 Å². The van der Waals surface area contributed by atoms with E-state index in [4.69, 9.17) is 27.9 Å². The normalized spacial score (nSPS) is 16.6. The number of nitrogens with one attached hydrogen (secondary N) is 2. The SMILES string of the molecule is COc1ccc(N2C(=O)NC(=O)[C@@H](/C=N\NC(=O)c3ccc(Cl)cc3Cl)C2=O)cc1. The van der Waals surface area contributed by atoms with Gasteiger partial charge in [0.2, 0.25) is 5.91 Å². The number of carbonyl (C=O) groups is 4. The van der Waals surface area contributed by atoms with E-state index in [9.17, 15) is 19.2 Å². The zero-order valence-corrected chi connectivity index (χ0v) is 16.9. The van der Waals surface area contributed by atoms with Crippen LogP contribution in [0.25, 0.3) is 0 Å². The van der Waals surface area contributed by atoms with Crippen molar-refractivity contribution >= 4 is 58.9 Å². The van der Waals surface area contributed by atoms with Crippen LogP contribution in [0, 0.1) is 5.92 Å². The molecule has 30 heavy (non-hydrogen) atoms. The lowest BCUT2D eigenvalue weighted by Gasteiger charge is -2.28. The molecule has 1 heterocycles. The van der Waals surface area contributed by atoms with Crippen LogP contribution in [0.15, 0.2) is 47.6 Å². The Hall–Kier alpha value is -3.43. The molecule has 2 aromatic carbocycles. The quantitative estimate of drug-likeness (QED) is 0.414. The highest BCUT2D eigenvalue weighted by Crippen LogP contribution is 2.23. The van der Waals surface area contributed by atoms with Crippen LogP contribution in [0.4, 0.5) is 10.5 Å². The molecule has 0 saturated carbocycles. The zero-order valence-electron chi connectivity index (χ0n) is 15.4. The zero-order chi connectivity index (χ0) is 21.8. The maximum Gasteiger partial charge on any atom is 0.335 e. The molecule has 1 saturated heterocycles. The van der Waals surface area contributed by atoms with E-state index >= 15 is 0 Å². The highest BCUT2D eigenvalue weighted by atomic mass is 35.5. The number of urea groups is 1. The summed E-state index contributed by atoms with van der Waals surface area (Å²) in [6.07, 6.45) is 0.933. The van der Waals surface area contributed by atoms with Crippen molar-refractivity contribution in [3.05, 3.63) is 58.1 Å². The van der Waals surface area contributed by atoms with Crippen molar-refractivity contribution in [3.8, 4) is 5.75 Å². The summed E-state index contributed by atoms with van der Waals surface area (Å²) in [6, 6.07) is 9.47. The second kappa shape index (κ2) is 8.93. The van der Waals surface area contributed by atoms with Crippen LogP contribution in [-0.4, -0.2) is 37.1 Å². The largest absolute Gasteiger partial charge is 0.497 e. The van der Waals surface area contributed by atoms with E-state index < -0.39 is 29.7 Å². The number of ether oxygens (including phenoxy) is 1. The van der Waals surface area contributed by atoms with E-state index in [0.29, 0.717) is 10.8 Å². The van der Waals surface area contributed by atoms with Crippen molar-refractivity contribution in [1.29, 1.82) is 0 Å². The lowest BCUT2D eigenvalue weighted by molar-refractivity contribution is -0.131. The topological polar surface area (TPSA) is 117 Å². The van der Waals surface area contributed by atoms with Crippen molar-refractivity contribution in [2.45, 2.75) is 0 Å². The Morgan fingerprint density at radius 1 is 1.17 bits per heavy atom. The summed E-state index contributed by atoms with van der Waals surface area (Å²) in [5.41, 5.74) is 2.52. The van der Waals surface area contributed by atoms with Crippen molar-refractivity contribution in [3.63, 3.8) is 0 Å². The molecule has 11 heteroatoms. The number of hydrogen-bond donors (Lipinski definition) is 2. The molecule has 1 atom stereocenters. The number of barbiturate groups is 1. The number of hydrogen-bond acceptors (Lipinski definition) is 6. The van der Waals surface area contributed by atoms with Gasteiger partial charge in [-0.25, -0.2) is 15.1 Å². The Kier molecular flexibility index (Phi) is 6.34. The molecule has 0 radical (unpaired) electrons. The van der Waals surface area contributed by atoms with Crippen LogP contribution in [0.1, 0.15) is 10.4 Å². The summed E-state index contributed by atoms with van der Waals surface area (Å²) in [6.45, 7) is 0. The van der Waals surface area contributed by atoms with Gasteiger partial charge in [-0.2, -0.15) is 5.10 Å². The molecule has 3 rings (SSSR count). The number of hydrazone groups is 1. The maximum atomic E-state index is 12.7. The molecule has 2 N–H and O–H groups in total. The molecule has 154 valence electrons. The van der Waals surface area contributed by atoms with Gasteiger partial charge >= 0.3 is 6.03 Å². The van der Waals surface area contributed by atoms with Crippen LogP contribution in [0.3, 0.4) is 0 Å². The minimum Gasteiger partial charge on any atom is -0.497 e. The first-order chi connectivity index (χ1) is 14.3. The average molecular weight is 449 g/mol. The molecule has 2 aromatic rings. The molecule has 5 amide bonds. The fraction of sp³-hybridized carbons (Fsp3) is 0.105. The lowest BCUT2D eigenvalue weighted by atomic mass is 10.1. The third-order valence-electron chi connectivity index (χ3n) is 4.10. The Labute approximate surface area is 180 Å². The van der Waals surface area contributed by atoms with Gasteiger partial charge in [-0.05, 0) is 42.5 Å². The number of anilines is 1. The van der Waals surface area contributed by atoms with Crippen LogP contribution in [0.5, 0.6) is 5.75 Å². The summed E-state index contributed by atoms with van der Waals surface area (Å²) in [5.74, 6) is -3.25. The number of nitrogens with zero attached hydrogens (tertiary/aromatic N) is 2. The predicted octanol–water partition coefficient (Wildman–Crippen LogP) is 2.62. The van der Waals surface area contributed by atoms with Gasteiger partial charge in [0.25, 0.3) is 11.8 Å². The van der Waals surface area contributed by atoms with Crippen molar-refractivity contribution in [2.75, 3.05) is 12.0 Å². The Morgan fingerprint density at radius 2 is 1.87 bits per heavy atom. The predicted molar refractivity (Wildman–Crippen MR) is 110 cm³/mol. The van der Waals surface area contributed by atoms with Crippen molar-refractivity contribution < 1.29 is 23.9 Å². The molecule has 0 aliphatic carbocycles. The lowest BCUT2D eigenvalue weighted by Crippen LogP contribution is -2.58. The van der Waals surface area contributed by atoms with Crippen LogP contribution < -0.4 is 20.4 Å². The molecule has 0 aromatic heterocycles. The second-order valence-corrected chi connectivity index (χ2v) is 6.83. The van der Waals surface area contributed by atoms with E-state index in [1.54, 1.807) is 12.1 Å². The van der Waals surface area contributed by atoms with Gasteiger partial charge in [0, 0.05) is 11.2 Å². The van der Waals surface area contributed by atoms with E-state index in [2.05, 4.69) is 15.8 Å². The Balaban J connectivity index is 1.75. The number of rotatable bonds is 5. The number of methoxy groups -OCH3 is 1. The van der Waals surface area contributed by atoms with Gasteiger partial charge in [-0.3, -0.25) is 19.7 Å². The molecule has 0 bridgehead atoms. The molecular weight excluding hydrogens is 435 g/mol. The number of carbonyl (C=O) groups excluding carboxylic acids is 4. The molecular formula is C19H14Cl2N4O5. The summed E-state index contributed by atoms with van der Waals surface area (Å²) < 4.78 is 5.04. The molecule has 1 fully saturated rings. The van der Waals surface area contributed by atoms with Crippen molar-refractivity contribution in [2.24, 2.45) is 11.0 Å². The fourth-order valence-corrected chi connectivity index (χ4v) is 3.10. The average Bonchev–Trinajstić information content (AvgIpc) is 2.70. The van der Waals surface area contributed by atoms with Gasteiger partial charge < -0.3 is 4.74 Å². The minimum absolute atomic E-state index is 0.104. The van der Waals surface area contributed by atoms with Gasteiger partial charge in [0.05, 0.1) is 23.4 Å². The third-order valence-corrected chi connectivity index (χ3v) is 4.65. The monoisotopic (exact) mass is 448 g/mol. The standard InChI is InChI=1S/C19H14Cl2N4O5/c1-30-12-5-3-11(4-6-12)25-18(28)14(16(26)23-19(25)29)9-22-24-17(27)13-7-2-10(20)8-15(13)21/h2-9,14H,1H3,(H,24,27)(H,23,26,29)/b22-9-/t14-/m1/s1. The van der Waals surface area contributed by atoms with Gasteiger partial charge in [-0.1, -0.05) is 23.2 Å². The Morgan fingerprint density at radius 3 is 2.50 bits per heavy atom. The molecule has 0 unspecified atom stereocenters. The second-order valence-electron chi connectivity index (χ2n) is 5.99. The highest BCUT2D eigenvalue weighted by molar-refractivity contribution is 6.37. The molecule has 1 aliphatic rings. The highest BCUT2D eigenvalue weighted by Gasteiger charge is 2.40. The van der Waals surface area contributed by atoms with Gasteiger partial charge in [-0.15, -0.1) is 0 Å². The summed E-state index contributed by atoms with van der Waals surface area (Å²) in [5, 5.41) is 6.20. The summed E-state index contributed by atoms with van der Waals surface area (Å²) >= 11 is 11.7. The van der Waals surface area contributed by atoms with Gasteiger partial charge in [0.15, 0.2) is 5.92 Å². The summed E-state index contributed by atoms with van der Waals surface area (Å²) in [4.78, 5) is 49.9. The van der Waals surface area contributed by atoms with Crippen LogP contribution in [-0.2, 0) is 9.59 Å². The first-order valence-corrected chi connectivity index (χ1v) is 9.19. The van der Waals surface area contributed by atoms with E-state index in [0.717, 1.165) is 11.1 Å². The fourth-order valence-electron chi connectivity index (χ4n) is 2.60. The van der Waals surface area contributed by atoms with Crippen LogP contribution in [0.2, 0.25) is 10.0 Å². The van der Waals surface area contributed by atoms with E-state index in [1.165, 1.54) is 37.4 Å². The first kappa shape index (κ1) is 21.3. The Bertz CT molecular complexity index is 1060. The molecule has 1 aliphatic heterocycles. The van der Waals surface area contributed by atoms with E-state index in [-0.39, 0.29) is 16.3 Å². The minimum atomic E-state index is -1.43. The number of benzene rings is 2. The maximum absolute atomic E-state index is 12.7. The molecule has 9 nitrogen and oxygen atoms in total. The number of amides is 5. The first-order valence-electron chi connectivity index (χ1n) is 8.43. The van der Waals surface area contributed by atoms with Crippen molar-refractivity contribution in [1.82, 2.24) is 10.7 Å².